The first-order valence-electron chi connectivity index (χ1n) is 9.34. The molecule has 2 aromatic rings. The van der Waals surface area contributed by atoms with Gasteiger partial charge in [0.1, 0.15) is 11.5 Å². The summed E-state index contributed by atoms with van der Waals surface area (Å²) in [5.74, 6) is 2.17. The number of ether oxygens (including phenoxy) is 2. The van der Waals surface area contributed by atoms with Gasteiger partial charge in [-0.15, -0.1) is 0 Å². The zero-order valence-electron chi connectivity index (χ0n) is 15.9. The topological polar surface area (TPSA) is 55.8 Å². The van der Waals surface area contributed by atoms with Gasteiger partial charge < -0.3 is 14.6 Å². The Labute approximate surface area is 159 Å². The fourth-order valence-corrected chi connectivity index (χ4v) is 4.74. The number of benzene rings is 2. The highest BCUT2D eigenvalue weighted by Gasteiger charge is 2.42. The van der Waals surface area contributed by atoms with Crippen molar-refractivity contribution in [3.63, 3.8) is 0 Å². The van der Waals surface area contributed by atoms with Crippen LogP contribution in [0.3, 0.4) is 0 Å². The molecule has 0 saturated heterocycles. The summed E-state index contributed by atoms with van der Waals surface area (Å²) in [5.41, 5.74) is 6.03. The molecule has 0 heterocycles. The van der Waals surface area contributed by atoms with E-state index >= 15 is 0 Å². The molecular formula is C23H24O4. The van der Waals surface area contributed by atoms with Gasteiger partial charge in [-0.05, 0) is 67.4 Å². The fraction of sp³-hybridized carbons (Fsp3) is 0.348. The van der Waals surface area contributed by atoms with E-state index < -0.39 is 5.97 Å². The molecule has 0 radical (unpaired) electrons. The summed E-state index contributed by atoms with van der Waals surface area (Å²) in [7, 11) is 3.48. The summed E-state index contributed by atoms with van der Waals surface area (Å²) in [5, 5.41) is 9.06. The molecule has 27 heavy (non-hydrogen) atoms. The largest absolute Gasteiger partial charge is 0.496 e. The zero-order chi connectivity index (χ0) is 19.1. The molecule has 0 aliphatic heterocycles. The van der Waals surface area contributed by atoms with Crippen LogP contribution in [0.15, 0.2) is 30.3 Å². The summed E-state index contributed by atoms with van der Waals surface area (Å²) >= 11 is 0. The third-order valence-electron chi connectivity index (χ3n) is 5.96. The van der Waals surface area contributed by atoms with E-state index in [0.717, 1.165) is 28.2 Å². The molecule has 4 heteroatoms. The Kier molecular flexibility index (Phi) is 4.42. The maximum absolute atomic E-state index is 11.0. The number of hydrogen-bond donors (Lipinski definition) is 1. The van der Waals surface area contributed by atoms with Crippen LogP contribution in [0.5, 0.6) is 11.5 Å². The molecule has 2 atom stereocenters. The standard InChI is InChI=1S/C23H24O4/c1-13(10-14-4-6-15(7-5-14)23(24)25)18-12-19(26-2)20-16-8-9-17(11-16)21(20)22(18)27-3/h4-7,10,12,16-17H,8-9,11H2,1-3H3,(H,24,25)/t16-,17+/m1/s1. The van der Waals surface area contributed by atoms with Crippen molar-refractivity contribution in [3.8, 4) is 11.5 Å². The van der Waals surface area contributed by atoms with E-state index in [1.807, 2.05) is 12.1 Å². The van der Waals surface area contributed by atoms with Crippen LogP contribution in [0.25, 0.3) is 11.6 Å². The van der Waals surface area contributed by atoms with Crippen molar-refractivity contribution in [1.29, 1.82) is 0 Å². The lowest BCUT2D eigenvalue weighted by Gasteiger charge is -2.24. The second kappa shape index (κ2) is 6.76. The number of aromatic carboxylic acids is 1. The summed E-state index contributed by atoms with van der Waals surface area (Å²) in [6.45, 7) is 2.06. The SMILES string of the molecule is COc1cc(C(C)=Cc2ccc(C(=O)O)cc2)c(OC)c2c1[C@@H]1CC[C@H]2C1. The third-order valence-corrected chi connectivity index (χ3v) is 5.96. The van der Waals surface area contributed by atoms with Gasteiger partial charge in [-0.3, -0.25) is 0 Å². The lowest BCUT2D eigenvalue weighted by atomic mass is 9.87. The number of carboxylic acid groups (broad SMARTS) is 1. The van der Waals surface area contributed by atoms with Crippen LogP contribution in [0.2, 0.25) is 0 Å². The average Bonchev–Trinajstić information content (AvgIpc) is 3.29. The molecule has 0 aromatic heterocycles. The number of allylic oxidation sites excluding steroid dienone is 1. The van der Waals surface area contributed by atoms with Gasteiger partial charge in [0, 0.05) is 16.7 Å². The van der Waals surface area contributed by atoms with E-state index in [4.69, 9.17) is 14.6 Å². The molecule has 0 amide bonds. The predicted molar refractivity (Wildman–Crippen MR) is 106 cm³/mol. The highest BCUT2D eigenvalue weighted by Crippen LogP contribution is 2.60. The molecule has 1 N–H and O–H groups in total. The molecule has 2 bridgehead atoms. The minimum atomic E-state index is -0.915. The van der Waals surface area contributed by atoms with Gasteiger partial charge in [-0.1, -0.05) is 18.2 Å². The molecule has 4 nitrogen and oxygen atoms in total. The first-order chi connectivity index (χ1) is 13.0. The van der Waals surface area contributed by atoms with Gasteiger partial charge >= 0.3 is 5.97 Å². The molecule has 0 spiro atoms. The van der Waals surface area contributed by atoms with Gasteiger partial charge in [-0.2, -0.15) is 0 Å². The van der Waals surface area contributed by atoms with Crippen LogP contribution in [-0.2, 0) is 0 Å². The fourth-order valence-electron chi connectivity index (χ4n) is 4.74. The van der Waals surface area contributed by atoms with Crippen molar-refractivity contribution >= 4 is 17.6 Å². The van der Waals surface area contributed by atoms with E-state index in [2.05, 4.69) is 19.1 Å². The van der Waals surface area contributed by atoms with E-state index in [0.29, 0.717) is 11.8 Å². The highest BCUT2D eigenvalue weighted by molar-refractivity contribution is 5.89. The molecule has 2 aliphatic rings. The minimum Gasteiger partial charge on any atom is -0.496 e. The maximum Gasteiger partial charge on any atom is 0.335 e. The summed E-state index contributed by atoms with van der Waals surface area (Å²) in [6.07, 6.45) is 5.72. The van der Waals surface area contributed by atoms with Crippen LogP contribution in [0, 0.1) is 0 Å². The van der Waals surface area contributed by atoms with Crippen LogP contribution in [0.1, 0.15) is 70.6 Å². The van der Waals surface area contributed by atoms with E-state index in [9.17, 15) is 4.79 Å². The lowest BCUT2D eigenvalue weighted by Crippen LogP contribution is -2.06. The van der Waals surface area contributed by atoms with Gasteiger partial charge in [0.25, 0.3) is 0 Å². The van der Waals surface area contributed by atoms with Crippen molar-refractivity contribution in [2.75, 3.05) is 14.2 Å². The number of rotatable bonds is 5. The van der Waals surface area contributed by atoms with Crippen molar-refractivity contribution < 1.29 is 19.4 Å². The van der Waals surface area contributed by atoms with E-state index in [-0.39, 0.29) is 5.56 Å². The summed E-state index contributed by atoms with van der Waals surface area (Å²) in [4.78, 5) is 11.0. The van der Waals surface area contributed by atoms with Crippen molar-refractivity contribution in [3.05, 3.63) is 58.1 Å². The van der Waals surface area contributed by atoms with Crippen molar-refractivity contribution in [1.82, 2.24) is 0 Å². The Bertz CT molecular complexity index is 924. The second-order valence-corrected chi connectivity index (χ2v) is 7.45. The van der Waals surface area contributed by atoms with Crippen LogP contribution < -0.4 is 9.47 Å². The van der Waals surface area contributed by atoms with Crippen LogP contribution in [0.4, 0.5) is 0 Å². The van der Waals surface area contributed by atoms with Gasteiger partial charge in [0.15, 0.2) is 0 Å². The Morgan fingerprint density at radius 3 is 2.33 bits per heavy atom. The molecular weight excluding hydrogens is 340 g/mol. The predicted octanol–water partition coefficient (Wildman–Crippen LogP) is 5.33. The Balaban J connectivity index is 1.79. The summed E-state index contributed by atoms with van der Waals surface area (Å²) in [6, 6.07) is 9.00. The van der Waals surface area contributed by atoms with Crippen molar-refractivity contribution in [2.24, 2.45) is 0 Å². The van der Waals surface area contributed by atoms with Gasteiger partial charge in [-0.25, -0.2) is 4.79 Å². The number of carbonyl (C=O) groups is 1. The number of carboxylic acids is 1. The number of fused-ring (bicyclic) bond motifs is 5. The molecule has 1 fully saturated rings. The smallest absolute Gasteiger partial charge is 0.335 e. The molecule has 0 unspecified atom stereocenters. The van der Waals surface area contributed by atoms with Crippen LogP contribution in [-0.4, -0.2) is 25.3 Å². The average molecular weight is 364 g/mol. The first-order valence-corrected chi connectivity index (χ1v) is 9.34. The monoisotopic (exact) mass is 364 g/mol. The Morgan fingerprint density at radius 2 is 1.74 bits per heavy atom. The molecule has 4 rings (SSSR count). The van der Waals surface area contributed by atoms with Crippen LogP contribution >= 0.6 is 0 Å². The Morgan fingerprint density at radius 1 is 1.07 bits per heavy atom. The van der Waals surface area contributed by atoms with E-state index in [1.165, 1.54) is 30.4 Å². The molecule has 2 aliphatic carbocycles. The van der Waals surface area contributed by atoms with E-state index in [1.54, 1.807) is 26.4 Å². The normalized spacial score (nSPS) is 20.5. The quantitative estimate of drug-likeness (QED) is 0.729. The summed E-state index contributed by atoms with van der Waals surface area (Å²) < 4.78 is 11.6. The number of methoxy groups -OCH3 is 2. The zero-order valence-corrected chi connectivity index (χ0v) is 15.9. The van der Waals surface area contributed by atoms with Gasteiger partial charge in [0.05, 0.1) is 19.8 Å². The first kappa shape index (κ1) is 17.7. The molecule has 2 aromatic carbocycles. The van der Waals surface area contributed by atoms with Gasteiger partial charge in [0.2, 0.25) is 0 Å². The molecule has 140 valence electrons. The Hall–Kier alpha value is -2.75. The number of hydrogen-bond acceptors (Lipinski definition) is 3. The lowest BCUT2D eigenvalue weighted by molar-refractivity contribution is 0.0697. The molecule has 1 saturated carbocycles. The minimum absolute atomic E-state index is 0.289. The van der Waals surface area contributed by atoms with Crippen molar-refractivity contribution in [2.45, 2.75) is 38.0 Å². The maximum atomic E-state index is 11.0. The highest BCUT2D eigenvalue weighted by atomic mass is 16.5. The third kappa shape index (κ3) is 2.89. The second-order valence-electron chi connectivity index (χ2n) is 7.45.